The number of aromatic nitrogens is 2. The largest absolute Gasteiger partial charge is 0.352 e. The molecule has 1 amide bonds. The molecule has 0 unspecified atom stereocenters. The lowest BCUT2D eigenvalue weighted by Crippen LogP contribution is -2.49. The molecule has 1 aliphatic heterocycles. The van der Waals surface area contributed by atoms with Gasteiger partial charge in [0, 0.05) is 36.6 Å². The molecular weight excluding hydrogens is 356 g/mol. The van der Waals surface area contributed by atoms with Crippen molar-refractivity contribution in [2.75, 3.05) is 31.1 Å². The minimum atomic E-state index is 0.124. The normalized spacial score (nSPS) is 14.8. The Morgan fingerprint density at radius 2 is 1.70 bits per heavy atom. The van der Waals surface area contributed by atoms with Crippen molar-refractivity contribution in [3.8, 4) is 0 Å². The Morgan fingerprint density at radius 1 is 1.00 bits per heavy atom. The Morgan fingerprint density at radius 3 is 2.41 bits per heavy atom. The van der Waals surface area contributed by atoms with Crippen LogP contribution in [0, 0.1) is 27.7 Å². The first-order valence-corrected chi connectivity index (χ1v) is 10.1. The highest BCUT2D eigenvalue weighted by Gasteiger charge is 2.26. The molecule has 1 saturated heterocycles. The zero-order valence-corrected chi connectivity index (χ0v) is 17.1. The minimum absolute atomic E-state index is 0.124. The van der Waals surface area contributed by atoms with E-state index in [1.54, 1.807) is 11.3 Å². The number of amides is 1. The summed E-state index contributed by atoms with van der Waals surface area (Å²) in [5.41, 5.74) is 3.10. The highest BCUT2D eigenvalue weighted by Crippen LogP contribution is 2.35. The Kier molecular flexibility index (Phi) is 4.60. The number of carbonyl (C=O) groups is 1. The number of anilines is 1. The van der Waals surface area contributed by atoms with Crippen LogP contribution in [0.2, 0.25) is 0 Å². The predicted octanol–water partition coefficient (Wildman–Crippen LogP) is 3.89. The van der Waals surface area contributed by atoms with Gasteiger partial charge in [0.05, 0.1) is 5.39 Å². The van der Waals surface area contributed by atoms with Crippen molar-refractivity contribution in [2.45, 2.75) is 27.7 Å². The number of hydrogen-bond donors (Lipinski definition) is 0. The smallest absolute Gasteiger partial charge is 0.254 e. The lowest BCUT2D eigenvalue weighted by molar-refractivity contribution is 0.0746. The summed E-state index contributed by atoms with van der Waals surface area (Å²) in [7, 11) is 0. The maximum atomic E-state index is 12.9. The van der Waals surface area contributed by atoms with E-state index in [4.69, 9.17) is 4.98 Å². The maximum absolute atomic E-state index is 12.9. The number of aryl methyl sites for hydroxylation is 4. The molecule has 0 saturated carbocycles. The Hall–Kier alpha value is -2.47. The molecule has 2 aromatic heterocycles. The van der Waals surface area contributed by atoms with E-state index in [9.17, 15) is 4.79 Å². The van der Waals surface area contributed by atoms with Gasteiger partial charge < -0.3 is 9.80 Å². The average Bonchev–Trinajstić information content (AvgIpc) is 2.95. The van der Waals surface area contributed by atoms with E-state index in [0.29, 0.717) is 13.1 Å². The molecule has 0 aliphatic carbocycles. The van der Waals surface area contributed by atoms with E-state index in [1.165, 1.54) is 15.8 Å². The van der Waals surface area contributed by atoms with Crippen molar-refractivity contribution < 1.29 is 4.79 Å². The second kappa shape index (κ2) is 6.93. The Balaban J connectivity index is 1.57. The molecule has 6 heteroatoms. The molecule has 1 aromatic carbocycles. The zero-order valence-electron chi connectivity index (χ0n) is 16.2. The second-order valence-electron chi connectivity index (χ2n) is 7.15. The van der Waals surface area contributed by atoms with E-state index < -0.39 is 0 Å². The molecule has 3 heterocycles. The molecule has 3 aromatic rings. The summed E-state index contributed by atoms with van der Waals surface area (Å²) in [4.78, 5) is 28.9. The number of nitrogens with zero attached hydrogens (tertiary/aromatic N) is 4. The predicted molar refractivity (Wildman–Crippen MR) is 111 cm³/mol. The Labute approximate surface area is 163 Å². The lowest BCUT2D eigenvalue weighted by atomic mass is 10.1. The first kappa shape index (κ1) is 17.9. The molecular formula is C21H24N4OS. The number of piperazine rings is 1. The van der Waals surface area contributed by atoms with Crippen LogP contribution >= 0.6 is 11.3 Å². The lowest BCUT2D eigenvalue weighted by Gasteiger charge is -2.36. The molecule has 0 N–H and O–H groups in total. The van der Waals surface area contributed by atoms with Crippen LogP contribution in [0.1, 0.15) is 32.2 Å². The number of fused-ring (bicyclic) bond motifs is 1. The van der Waals surface area contributed by atoms with Crippen molar-refractivity contribution in [3.05, 3.63) is 51.7 Å². The molecule has 0 radical (unpaired) electrons. The molecule has 27 heavy (non-hydrogen) atoms. The SMILES string of the molecule is Cc1nc(N2CCN(C(=O)c3ccccc3C)CC2)c2c(C)c(C)sc2n1. The van der Waals surface area contributed by atoms with Crippen molar-refractivity contribution >= 4 is 33.3 Å². The van der Waals surface area contributed by atoms with Crippen molar-refractivity contribution in [1.29, 1.82) is 0 Å². The van der Waals surface area contributed by atoms with Crippen LogP contribution in [-0.2, 0) is 0 Å². The van der Waals surface area contributed by atoms with Gasteiger partial charge in [-0.2, -0.15) is 0 Å². The monoisotopic (exact) mass is 380 g/mol. The van der Waals surface area contributed by atoms with Gasteiger partial charge in [0.1, 0.15) is 16.5 Å². The van der Waals surface area contributed by atoms with Gasteiger partial charge in [0.15, 0.2) is 0 Å². The van der Waals surface area contributed by atoms with E-state index >= 15 is 0 Å². The first-order valence-electron chi connectivity index (χ1n) is 9.30. The first-order chi connectivity index (χ1) is 13.0. The molecule has 1 fully saturated rings. The maximum Gasteiger partial charge on any atom is 0.254 e. The molecule has 0 spiro atoms. The van der Waals surface area contributed by atoms with Gasteiger partial charge in [-0.15, -0.1) is 11.3 Å². The topological polar surface area (TPSA) is 49.3 Å². The summed E-state index contributed by atoms with van der Waals surface area (Å²) in [6.45, 7) is 11.2. The average molecular weight is 381 g/mol. The van der Waals surface area contributed by atoms with E-state index in [1.807, 2.05) is 43.0 Å². The third-order valence-electron chi connectivity index (χ3n) is 5.36. The summed E-state index contributed by atoms with van der Waals surface area (Å²) in [6.07, 6.45) is 0. The molecule has 1 aliphatic rings. The number of thiophene rings is 1. The minimum Gasteiger partial charge on any atom is -0.352 e. The standard InChI is InChI=1S/C21H24N4OS/c1-13-7-5-6-8-17(13)21(26)25-11-9-24(10-12-25)19-18-14(2)15(3)27-20(18)23-16(4)22-19/h5-8H,9-12H2,1-4H3. The van der Waals surface area contributed by atoms with Crippen LogP contribution in [0.4, 0.5) is 5.82 Å². The van der Waals surface area contributed by atoms with Gasteiger partial charge in [0.2, 0.25) is 0 Å². The third-order valence-corrected chi connectivity index (χ3v) is 6.46. The summed E-state index contributed by atoms with van der Waals surface area (Å²) < 4.78 is 0. The second-order valence-corrected chi connectivity index (χ2v) is 8.36. The fourth-order valence-electron chi connectivity index (χ4n) is 3.67. The quantitative estimate of drug-likeness (QED) is 0.677. The fraction of sp³-hybridized carbons (Fsp3) is 0.381. The third kappa shape index (κ3) is 3.18. The van der Waals surface area contributed by atoms with Crippen LogP contribution in [0.15, 0.2) is 24.3 Å². The highest BCUT2D eigenvalue weighted by atomic mass is 32.1. The van der Waals surface area contributed by atoms with E-state index in [-0.39, 0.29) is 5.91 Å². The number of rotatable bonds is 2. The van der Waals surface area contributed by atoms with Crippen molar-refractivity contribution in [2.24, 2.45) is 0 Å². The van der Waals surface area contributed by atoms with Gasteiger partial charge in [0.25, 0.3) is 5.91 Å². The number of benzene rings is 1. The molecule has 0 atom stereocenters. The van der Waals surface area contributed by atoms with Crippen molar-refractivity contribution in [1.82, 2.24) is 14.9 Å². The molecule has 4 rings (SSSR count). The number of carbonyl (C=O) groups excluding carboxylic acids is 1. The van der Waals surface area contributed by atoms with E-state index in [2.05, 4.69) is 23.7 Å². The van der Waals surface area contributed by atoms with Gasteiger partial charge >= 0.3 is 0 Å². The van der Waals surface area contributed by atoms with Gasteiger partial charge in [-0.25, -0.2) is 9.97 Å². The summed E-state index contributed by atoms with van der Waals surface area (Å²) in [5, 5.41) is 1.17. The summed E-state index contributed by atoms with van der Waals surface area (Å²) in [5.74, 6) is 1.94. The zero-order chi connectivity index (χ0) is 19.1. The van der Waals surface area contributed by atoms with Crippen LogP contribution in [0.3, 0.4) is 0 Å². The molecule has 5 nitrogen and oxygen atoms in total. The van der Waals surface area contributed by atoms with Crippen LogP contribution in [0.5, 0.6) is 0 Å². The van der Waals surface area contributed by atoms with Gasteiger partial charge in [-0.05, 0) is 44.9 Å². The van der Waals surface area contributed by atoms with Gasteiger partial charge in [-0.1, -0.05) is 18.2 Å². The van der Waals surface area contributed by atoms with Crippen molar-refractivity contribution in [3.63, 3.8) is 0 Å². The van der Waals surface area contributed by atoms with Gasteiger partial charge in [-0.3, -0.25) is 4.79 Å². The molecule has 140 valence electrons. The summed E-state index contributed by atoms with van der Waals surface area (Å²) >= 11 is 1.73. The van der Waals surface area contributed by atoms with Crippen LogP contribution < -0.4 is 4.90 Å². The summed E-state index contributed by atoms with van der Waals surface area (Å²) in [6, 6.07) is 7.81. The van der Waals surface area contributed by atoms with Crippen LogP contribution in [-0.4, -0.2) is 47.0 Å². The highest BCUT2D eigenvalue weighted by molar-refractivity contribution is 7.18. The molecule has 0 bridgehead atoms. The van der Waals surface area contributed by atoms with E-state index in [0.717, 1.165) is 40.7 Å². The fourth-order valence-corrected chi connectivity index (χ4v) is 4.73. The Bertz CT molecular complexity index is 1020. The van der Waals surface area contributed by atoms with Crippen LogP contribution in [0.25, 0.3) is 10.2 Å². The number of hydrogen-bond acceptors (Lipinski definition) is 5.